The second-order valence-corrected chi connectivity index (χ2v) is 7.08. The lowest BCUT2D eigenvalue weighted by Gasteiger charge is -2.40. The molecule has 2 unspecified atom stereocenters. The Hall–Kier alpha value is -2.36. The Morgan fingerprint density at radius 3 is 2.68 bits per heavy atom. The van der Waals surface area contributed by atoms with Gasteiger partial charge >= 0.3 is 0 Å². The molecule has 1 N–H and O–H groups in total. The van der Waals surface area contributed by atoms with Crippen LogP contribution in [-0.2, 0) is 4.79 Å². The zero-order chi connectivity index (χ0) is 18.0. The van der Waals surface area contributed by atoms with Gasteiger partial charge in [0.15, 0.2) is 0 Å². The molecule has 1 aliphatic rings. The van der Waals surface area contributed by atoms with Crippen LogP contribution in [0.1, 0.15) is 63.8 Å². The lowest BCUT2D eigenvalue weighted by molar-refractivity contribution is -0.118. The number of anilines is 2. The second kappa shape index (κ2) is 7.26. The Labute approximate surface area is 150 Å². The average molecular weight is 337 g/mol. The number of carbonyl (C=O) groups is 1. The molecule has 0 saturated heterocycles. The minimum atomic E-state index is 0.169. The van der Waals surface area contributed by atoms with Gasteiger partial charge in [-0.05, 0) is 43.0 Å². The molecule has 0 aliphatic carbocycles. The van der Waals surface area contributed by atoms with E-state index in [-0.39, 0.29) is 18.0 Å². The molecule has 1 aromatic heterocycles. The predicted molar refractivity (Wildman–Crippen MR) is 103 cm³/mol. The van der Waals surface area contributed by atoms with Gasteiger partial charge in [-0.2, -0.15) is 0 Å². The maximum atomic E-state index is 12.4. The molecular formula is C21H27N3O. The molecular weight excluding hydrogens is 310 g/mol. The fourth-order valence-corrected chi connectivity index (χ4v) is 3.53. The van der Waals surface area contributed by atoms with Crippen molar-refractivity contribution in [2.75, 3.05) is 10.2 Å². The molecule has 1 aliphatic heterocycles. The van der Waals surface area contributed by atoms with Crippen molar-refractivity contribution in [3.05, 3.63) is 53.9 Å². The smallest absolute Gasteiger partial charge is 0.226 e. The van der Waals surface area contributed by atoms with Crippen molar-refractivity contribution in [1.82, 2.24) is 4.98 Å². The number of para-hydroxylation sites is 1. The van der Waals surface area contributed by atoms with Crippen molar-refractivity contribution in [1.29, 1.82) is 0 Å². The molecule has 25 heavy (non-hydrogen) atoms. The van der Waals surface area contributed by atoms with E-state index in [2.05, 4.69) is 49.3 Å². The third kappa shape index (κ3) is 3.53. The summed E-state index contributed by atoms with van der Waals surface area (Å²) in [5.74, 6) is 0.611. The van der Waals surface area contributed by atoms with Crippen molar-refractivity contribution in [3.63, 3.8) is 0 Å². The van der Waals surface area contributed by atoms with Gasteiger partial charge in [0.25, 0.3) is 0 Å². The van der Waals surface area contributed by atoms with Crippen molar-refractivity contribution in [2.45, 2.75) is 58.5 Å². The maximum absolute atomic E-state index is 12.4. The van der Waals surface area contributed by atoms with Crippen LogP contribution in [0.3, 0.4) is 0 Å². The Morgan fingerprint density at radius 2 is 2.04 bits per heavy atom. The number of hydrogen-bond donors (Lipinski definition) is 1. The van der Waals surface area contributed by atoms with Gasteiger partial charge in [-0.25, -0.2) is 0 Å². The minimum Gasteiger partial charge on any atom is -0.377 e. The maximum Gasteiger partial charge on any atom is 0.226 e. The van der Waals surface area contributed by atoms with Gasteiger partial charge in [-0.3, -0.25) is 9.78 Å². The average Bonchev–Trinajstić information content (AvgIpc) is 2.62. The quantitative estimate of drug-likeness (QED) is 0.863. The highest BCUT2D eigenvalue weighted by Gasteiger charge is 2.32. The lowest BCUT2D eigenvalue weighted by Crippen LogP contribution is -2.44. The van der Waals surface area contributed by atoms with Crippen molar-refractivity contribution >= 4 is 17.3 Å². The molecule has 1 aromatic carbocycles. The Bertz CT molecular complexity index is 739. The van der Waals surface area contributed by atoms with Crippen LogP contribution in [0.2, 0.25) is 0 Å². The van der Waals surface area contributed by atoms with E-state index >= 15 is 0 Å². The predicted octanol–water partition coefficient (Wildman–Crippen LogP) is 4.89. The van der Waals surface area contributed by atoms with Crippen molar-refractivity contribution < 1.29 is 4.79 Å². The van der Waals surface area contributed by atoms with Gasteiger partial charge in [-0.1, -0.05) is 39.0 Å². The van der Waals surface area contributed by atoms with Crippen LogP contribution >= 0.6 is 0 Å². The first-order valence-electron chi connectivity index (χ1n) is 9.14. The molecule has 4 heteroatoms. The highest BCUT2D eigenvalue weighted by Crippen LogP contribution is 2.39. The molecule has 1 amide bonds. The van der Waals surface area contributed by atoms with E-state index in [0.29, 0.717) is 12.3 Å². The van der Waals surface area contributed by atoms with E-state index in [4.69, 9.17) is 0 Å². The Morgan fingerprint density at radius 1 is 1.28 bits per heavy atom. The van der Waals surface area contributed by atoms with Crippen LogP contribution in [-0.4, -0.2) is 16.9 Å². The number of fused-ring (bicyclic) bond motifs is 1. The Kier molecular flexibility index (Phi) is 5.07. The topological polar surface area (TPSA) is 45.2 Å². The molecule has 0 saturated carbocycles. The van der Waals surface area contributed by atoms with Gasteiger partial charge in [0.05, 0.1) is 17.9 Å². The van der Waals surface area contributed by atoms with Crippen LogP contribution in [0.5, 0.6) is 0 Å². The molecule has 4 nitrogen and oxygen atoms in total. The molecule has 3 rings (SSSR count). The van der Waals surface area contributed by atoms with E-state index in [0.717, 1.165) is 23.5 Å². The minimum absolute atomic E-state index is 0.169. The zero-order valence-electron chi connectivity index (χ0n) is 15.5. The number of aromatic nitrogens is 1. The summed E-state index contributed by atoms with van der Waals surface area (Å²) in [5.41, 5.74) is 4.32. The summed E-state index contributed by atoms with van der Waals surface area (Å²) in [5, 5.41) is 3.61. The third-order valence-electron chi connectivity index (χ3n) is 4.88. The largest absolute Gasteiger partial charge is 0.377 e. The summed E-state index contributed by atoms with van der Waals surface area (Å²) < 4.78 is 0. The molecule has 132 valence electrons. The summed E-state index contributed by atoms with van der Waals surface area (Å²) in [6, 6.07) is 12.7. The van der Waals surface area contributed by atoms with Gasteiger partial charge < -0.3 is 10.2 Å². The SMILES string of the molecule is CCC(=O)N1c2ccccc2C(Nc2ccc(C(C)C)nc2)CC1C. The summed E-state index contributed by atoms with van der Waals surface area (Å²) in [7, 11) is 0. The van der Waals surface area contributed by atoms with E-state index < -0.39 is 0 Å². The number of amides is 1. The molecule has 0 bridgehead atoms. The van der Waals surface area contributed by atoms with E-state index in [1.165, 1.54) is 5.56 Å². The van der Waals surface area contributed by atoms with E-state index in [1.807, 2.05) is 36.2 Å². The number of rotatable bonds is 4. The molecule has 0 spiro atoms. The van der Waals surface area contributed by atoms with Crippen LogP contribution < -0.4 is 10.2 Å². The normalized spacial score (nSPS) is 19.6. The number of nitrogens with zero attached hydrogens (tertiary/aromatic N) is 2. The zero-order valence-corrected chi connectivity index (χ0v) is 15.5. The highest BCUT2D eigenvalue weighted by molar-refractivity contribution is 5.95. The van der Waals surface area contributed by atoms with Crippen LogP contribution in [0.4, 0.5) is 11.4 Å². The van der Waals surface area contributed by atoms with Crippen molar-refractivity contribution in [3.8, 4) is 0 Å². The molecule has 0 fully saturated rings. The molecule has 2 aromatic rings. The van der Waals surface area contributed by atoms with E-state index in [9.17, 15) is 4.79 Å². The fraction of sp³-hybridized carbons (Fsp3) is 0.429. The second-order valence-electron chi connectivity index (χ2n) is 7.08. The van der Waals surface area contributed by atoms with Gasteiger partial charge in [-0.15, -0.1) is 0 Å². The number of carbonyl (C=O) groups excluding carboxylic acids is 1. The first kappa shape index (κ1) is 17.5. The van der Waals surface area contributed by atoms with Gasteiger partial charge in [0, 0.05) is 23.8 Å². The number of benzene rings is 1. The van der Waals surface area contributed by atoms with Crippen LogP contribution in [0, 0.1) is 0 Å². The number of hydrogen-bond acceptors (Lipinski definition) is 3. The molecule has 0 radical (unpaired) electrons. The molecule has 2 heterocycles. The van der Waals surface area contributed by atoms with Gasteiger partial charge in [0.2, 0.25) is 5.91 Å². The van der Waals surface area contributed by atoms with Crippen molar-refractivity contribution in [2.24, 2.45) is 0 Å². The third-order valence-corrected chi connectivity index (χ3v) is 4.88. The summed E-state index contributed by atoms with van der Waals surface area (Å²) in [4.78, 5) is 18.9. The van der Waals surface area contributed by atoms with Crippen LogP contribution in [0.15, 0.2) is 42.6 Å². The Balaban J connectivity index is 1.88. The summed E-state index contributed by atoms with van der Waals surface area (Å²) >= 11 is 0. The standard InChI is InChI=1S/C21H27N3O/c1-5-21(25)24-15(4)12-19(17-8-6-7-9-20(17)24)23-16-10-11-18(14(2)3)22-13-16/h6-11,13-15,19,23H,5,12H2,1-4H3. The first-order chi connectivity index (χ1) is 12.0. The van der Waals surface area contributed by atoms with Crippen LogP contribution in [0.25, 0.3) is 0 Å². The first-order valence-corrected chi connectivity index (χ1v) is 9.14. The summed E-state index contributed by atoms with van der Waals surface area (Å²) in [6.07, 6.45) is 3.32. The van der Waals surface area contributed by atoms with E-state index in [1.54, 1.807) is 0 Å². The molecule has 2 atom stereocenters. The summed E-state index contributed by atoms with van der Waals surface area (Å²) in [6.45, 7) is 8.34. The number of nitrogens with one attached hydrogen (secondary N) is 1. The van der Waals surface area contributed by atoms with Gasteiger partial charge in [0.1, 0.15) is 0 Å². The fourth-order valence-electron chi connectivity index (χ4n) is 3.53. The number of pyridine rings is 1. The highest BCUT2D eigenvalue weighted by atomic mass is 16.2. The lowest BCUT2D eigenvalue weighted by atomic mass is 9.91. The monoisotopic (exact) mass is 337 g/mol.